The minimum absolute atomic E-state index is 0.151. The molecule has 11 heteroatoms. The van der Waals surface area contributed by atoms with Gasteiger partial charge in [0.25, 0.3) is 11.5 Å². The van der Waals surface area contributed by atoms with Gasteiger partial charge in [0.05, 0.1) is 40.5 Å². The zero-order valence-corrected chi connectivity index (χ0v) is 21.1. The Hall–Kier alpha value is -4.77. The summed E-state index contributed by atoms with van der Waals surface area (Å²) in [7, 11) is 1.54. The molecular weight excluding hydrogens is 510 g/mol. The molecule has 1 aliphatic rings. The predicted octanol–water partition coefficient (Wildman–Crippen LogP) is 5.24. The number of methoxy groups -OCH3 is 1. The van der Waals surface area contributed by atoms with Crippen LogP contribution in [0.2, 0.25) is 0 Å². The van der Waals surface area contributed by atoms with E-state index in [-0.39, 0.29) is 22.0 Å². The molecule has 1 saturated heterocycles. The van der Waals surface area contributed by atoms with Crippen LogP contribution in [0.3, 0.4) is 0 Å². The van der Waals surface area contributed by atoms with E-state index in [1.165, 1.54) is 47.6 Å². The van der Waals surface area contributed by atoms with Gasteiger partial charge in [-0.1, -0.05) is 23.5 Å². The molecule has 2 heterocycles. The van der Waals surface area contributed by atoms with Crippen molar-refractivity contribution in [1.29, 1.82) is 0 Å². The molecule has 1 atom stereocenters. The van der Waals surface area contributed by atoms with Gasteiger partial charge in [-0.15, -0.1) is 0 Å². The van der Waals surface area contributed by atoms with Gasteiger partial charge in [-0.2, -0.15) is 0 Å². The zero-order valence-electron chi connectivity index (χ0n) is 20.3. The highest BCUT2D eigenvalue weighted by Crippen LogP contribution is 2.45. The van der Waals surface area contributed by atoms with Gasteiger partial charge in [-0.25, -0.2) is 4.98 Å². The Kier molecular flexibility index (Phi) is 6.52. The number of aromatic nitrogens is 1. The van der Waals surface area contributed by atoms with E-state index in [2.05, 4.69) is 4.98 Å². The van der Waals surface area contributed by atoms with Gasteiger partial charge in [-0.3, -0.25) is 24.6 Å². The molecule has 1 unspecified atom stereocenters. The van der Waals surface area contributed by atoms with Crippen LogP contribution in [0, 0.1) is 10.1 Å². The SMILES string of the molecule is CCOc1cccc(/C(O)=C2\C(=O)C(=O)N(c3nc4ccc(OC)cc4s3)C2c2ccc([N+](=O)[O-])cc2)c1. The smallest absolute Gasteiger partial charge is 0.301 e. The first-order chi connectivity index (χ1) is 18.3. The van der Waals surface area contributed by atoms with E-state index >= 15 is 0 Å². The Morgan fingerprint density at radius 1 is 1.11 bits per heavy atom. The number of carbonyl (C=O) groups is 2. The third kappa shape index (κ3) is 4.33. The van der Waals surface area contributed by atoms with E-state index in [9.17, 15) is 24.8 Å². The average Bonchev–Trinajstić information content (AvgIpc) is 3.46. The van der Waals surface area contributed by atoms with Crippen LogP contribution in [0.15, 0.2) is 72.3 Å². The van der Waals surface area contributed by atoms with Crippen LogP contribution >= 0.6 is 11.3 Å². The Morgan fingerprint density at radius 3 is 2.55 bits per heavy atom. The molecule has 38 heavy (non-hydrogen) atoms. The fourth-order valence-electron chi connectivity index (χ4n) is 4.30. The van der Waals surface area contributed by atoms with Crippen molar-refractivity contribution in [2.45, 2.75) is 13.0 Å². The number of thiazole rings is 1. The van der Waals surface area contributed by atoms with Crippen molar-refractivity contribution in [3.63, 3.8) is 0 Å². The number of ether oxygens (including phenoxy) is 2. The molecular formula is C27H21N3O7S. The van der Waals surface area contributed by atoms with Crippen molar-refractivity contribution >= 4 is 49.8 Å². The summed E-state index contributed by atoms with van der Waals surface area (Å²) in [6, 6.07) is 16.2. The van der Waals surface area contributed by atoms with Crippen LogP contribution in [0.4, 0.5) is 10.8 Å². The number of benzene rings is 3. The normalized spacial score (nSPS) is 16.7. The Morgan fingerprint density at radius 2 is 1.87 bits per heavy atom. The number of nitro benzene ring substituents is 1. The molecule has 1 fully saturated rings. The van der Waals surface area contributed by atoms with Crippen molar-refractivity contribution < 1.29 is 29.1 Å². The quantitative estimate of drug-likeness (QED) is 0.113. The van der Waals surface area contributed by atoms with Crippen molar-refractivity contribution in [2.75, 3.05) is 18.6 Å². The molecule has 0 saturated carbocycles. The summed E-state index contributed by atoms with van der Waals surface area (Å²) in [5.41, 5.74) is 0.972. The zero-order chi connectivity index (χ0) is 27.0. The van der Waals surface area contributed by atoms with Gasteiger partial charge in [0.2, 0.25) is 0 Å². The van der Waals surface area contributed by atoms with Crippen LogP contribution < -0.4 is 14.4 Å². The number of non-ortho nitro benzene ring substituents is 1. The highest BCUT2D eigenvalue weighted by molar-refractivity contribution is 7.22. The Balaban J connectivity index is 1.70. The molecule has 1 amide bonds. The first-order valence-electron chi connectivity index (χ1n) is 11.6. The lowest BCUT2D eigenvalue weighted by molar-refractivity contribution is -0.384. The first kappa shape index (κ1) is 24.9. The van der Waals surface area contributed by atoms with Gasteiger partial charge < -0.3 is 14.6 Å². The fraction of sp³-hybridized carbons (Fsp3) is 0.148. The summed E-state index contributed by atoms with van der Waals surface area (Å²) in [6.45, 7) is 2.22. The van der Waals surface area contributed by atoms with Crippen LogP contribution in [-0.4, -0.2) is 40.4 Å². The maximum atomic E-state index is 13.4. The molecule has 1 N–H and O–H groups in total. The third-order valence-corrected chi connectivity index (χ3v) is 7.09. The molecule has 192 valence electrons. The molecule has 0 radical (unpaired) electrons. The standard InChI is InChI=1S/C27H21N3O7S/c1-3-37-19-6-4-5-16(13-19)24(31)22-23(15-7-9-17(10-8-15)30(34)35)29(26(33)25(22)32)27-28-20-12-11-18(36-2)14-21(20)38-27/h4-14,23,31H,3H2,1-2H3/b24-22+. The van der Waals surface area contributed by atoms with E-state index < -0.39 is 28.4 Å². The lowest BCUT2D eigenvalue weighted by atomic mass is 9.95. The van der Waals surface area contributed by atoms with Crippen LogP contribution in [0.1, 0.15) is 24.1 Å². The number of carbonyl (C=O) groups excluding carboxylic acids is 2. The molecule has 3 aromatic carbocycles. The molecule has 4 aromatic rings. The van der Waals surface area contributed by atoms with Gasteiger partial charge in [0.1, 0.15) is 17.3 Å². The number of ketones is 1. The maximum Gasteiger partial charge on any atom is 0.301 e. The monoisotopic (exact) mass is 531 g/mol. The van der Waals surface area contributed by atoms with Crippen molar-refractivity contribution in [3.8, 4) is 11.5 Å². The van der Waals surface area contributed by atoms with Crippen molar-refractivity contribution in [1.82, 2.24) is 4.98 Å². The summed E-state index contributed by atoms with van der Waals surface area (Å²) < 4.78 is 11.5. The number of nitrogens with zero attached hydrogens (tertiary/aromatic N) is 3. The lowest BCUT2D eigenvalue weighted by Crippen LogP contribution is -2.29. The fourth-order valence-corrected chi connectivity index (χ4v) is 5.32. The van der Waals surface area contributed by atoms with E-state index in [1.807, 2.05) is 6.92 Å². The summed E-state index contributed by atoms with van der Waals surface area (Å²) >= 11 is 1.18. The number of hydrogen-bond acceptors (Lipinski definition) is 9. The van der Waals surface area contributed by atoms with E-state index in [0.29, 0.717) is 29.2 Å². The van der Waals surface area contributed by atoms with E-state index in [4.69, 9.17) is 9.47 Å². The van der Waals surface area contributed by atoms with Gasteiger partial charge in [0, 0.05) is 17.7 Å². The first-order valence-corrected chi connectivity index (χ1v) is 12.4. The van der Waals surface area contributed by atoms with Crippen LogP contribution in [0.5, 0.6) is 11.5 Å². The third-order valence-electron chi connectivity index (χ3n) is 6.07. The summed E-state index contributed by atoms with van der Waals surface area (Å²) in [5.74, 6) is -1.07. The Labute approximate surface area is 220 Å². The molecule has 1 aromatic heterocycles. The average molecular weight is 532 g/mol. The predicted molar refractivity (Wildman–Crippen MR) is 142 cm³/mol. The second kappa shape index (κ2) is 9.94. The number of aliphatic hydroxyl groups excluding tert-OH is 1. The number of hydrogen-bond donors (Lipinski definition) is 1. The number of Topliss-reactive ketones (excluding diaryl/α,β-unsaturated/α-hetero) is 1. The van der Waals surface area contributed by atoms with E-state index in [0.717, 1.165) is 4.70 Å². The number of amides is 1. The summed E-state index contributed by atoms with van der Waals surface area (Å²) in [6.07, 6.45) is 0. The maximum absolute atomic E-state index is 13.4. The van der Waals surface area contributed by atoms with Gasteiger partial charge in [-0.05, 0) is 55.0 Å². The molecule has 5 rings (SSSR count). The van der Waals surface area contributed by atoms with E-state index in [1.54, 1.807) is 42.5 Å². The highest BCUT2D eigenvalue weighted by Gasteiger charge is 2.48. The van der Waals surface area contributed by atoms with Crippen molar-refractivity contribution in [3.05, 3.63) is 93.5 Å². The lowest BCUT2D eigenvalue weighted by Gasteiger charge is -2.23. The van der Waals surface area contributed by atoms with Crippen LogP contribution in [0.25, 0.3) is 16.0 Å². The number of aliphatic hydroxyl groups is 1. The van der Waals surface area contributed by atoms with Crippen molar-refractivity contribution in [2.24, 2.45) is 0 Å². The molecule has 0 aliphatic carbocycles. The largest absolute Gasteiger partial charge is 0.507 e. The molecule has 1 aliphatic heterocycles. The minimum atomic E-state index is -1.07. The minimum Gasteiger partial charge on any atom is -0.507 e. The number of rotatable bonds is 7. The van der Waals surface area contributed by atoms with Gasteiger partial charge in [0.15, 0.2) is 5.13 Å². The summed E-state index contributed by atoms with van der Waals surface area (Å²) in [5, 5.41) is 22.8. The molecule has 0 spiro atoms. The highest BCUT2D eigenvalue weighted by atomic mass is 32.1. The number of nitro groups is 1. The van der Waals surface area contributed by atoms with Gasteiger partial charge >= 0.3 is 5.91 Å². The van der Waals surface area contributed by atoms with Crippen LogP contribution in [-0.2, 0) is 9.59 Å². The number of anilines is 1. The topological polar surface area (TPSA) is 132 Å². The second-order valence-corrected chi connectivity index (χ2v) is 9.32. The second-order valence-electron chi connectivity index (χ2n) is 8.31. The summed E-state index contributed by atoms with van der Waals surface area (Å²) in [4.78, 5) is 43.3. The molecule has 10 nitrogen and oxygen atoms in total. The number of fused-ring (bicyclic) bond motifs is 1. The Bertz CT molecular complexity index is 1610. The molecule has 0 bridgehead atoms.